The summed E-state index contributed by atoms with van der Waals surface area (Å²) in [6.07, 6.45) is 2.85. The van der Waals surface area contributed by atoms with E-state index in [1.165, 1.54) is 17.4 Å². The molecule has 0 fully saturated rings. The predicted octanol–water partition coefficient (Wildman–Crippen LogP) is -0.203. The van der Waals surface area contributed by atoms with E-state index in [9.17, 15) is 9.59 Å². The Hall–Kier alpha value is -2.18. The Morgan fingerprint density at radius 3 is 3.12 bits per heavy atom. The topological polar surface area (TPSA) is 84.4 Å². The molecule has 0 aliphatic carbocycles. The second kappa shape index (κ2) is 4.36. The number of fused-ring (bicyclic) bond motifs is 1. The molecule has 1 aromatic heterocycles. The number of carbonyl (C=O) groups excluding carboxylic acids is 2. The minimum atomic E-state index is -1.04. The highest BCUT2D eigenvalue weighted by Gasteiger charge is 2.37. The molecule has 1 atom stereocenters. The van der Waals surface area contributed by atoms with Crippen LogP contribution in [-0.4, -0.2) is 41.5 Å². The number of hydrogen-bond donors (Lipinski definition) is 1. The first-order valence-electron chi connectivity index (χ1n) is 5.16. The van der Waals surface area contributed by atoms with Crippen LogP contribution in [0.25, 0.3) is 0 Å². The number of esters is 1. The van der Waals surface area contributed by atoms with E-state index in [1.807, 2.05) is 0 Å². The number of anilines is 2. The first kappa shape index (κ1) is 11.3. The summed E-state index contributed by atoms with van der Waals surface area (Å²) in [4.78, 5) is 32.6. The molecule has 90 valence electrons. The summed E-state index contributed by atoms with van der Waals surface area (Å²) in [6.45, 7) is 1.91. The van der Waals surface area contributed by atoms with E-state index >= 15 is 0 Å². The number of rotatable bonds is 2. The van der Waals surface area contributed by atoms with E-state index in [4.69, 9.17) is 4.74 Å². The van der Waals surface area contributed by atoms with Crippen LogP contribution in [0.4, 0.5) is 11.5 Å². The molecular formula is C10H12N4O3. The number of likely N-dealkylation sites (N-methyl/N-ethyl adjacent to an activating group) is 1. The second-order valence-corrected chi connectivity index (χ2v) is 3.48. The largest absolute Gasteiger partial charge is 0.464 e. The first-order chi connectivity index (χ1) is 8.15. The number of aromatic nitrogens is 2. The van der Waals surface area contributed by atoms with Crippen LogP contribution in [-0.2, 0) is 14.3 Å². The number of amides is 1. The van der Waals surface area contributed by atoms with Gasteiger partial charge in [-0.05, 0) is 6.92 Å². The van der Waals surface area contributed by atoms with Gasteiger partial charge >= 0.3 is 5.97 Å². The van der Waals surface area contributed by atoms with Crippen molar-refractivity contribution in [3.63, 3.8) is 0 Å². The fourth-order valence-electron chi connectivity index (χ4n) is 1.58. The van der Waals surface area contributed by atoms with Crippen molar-refractivity contribution in [2.24, 2.45) is 0 Å². The van der Waals surface area contributed by atoms with Gasteiger partial charge in [0.05, 0.1) is 12.8 Å². The molecule has 1 amide bonds. The third-order valence-electron chi connectivity index (χ3n) is 2.44. The molecule has 0 bridgehead atoms. The van der Waals surface area contributed by atoms with Gasteiger partial charge in [0.25, 0.3) is 5.91 Å². The molecule has 1 N–H and O–H groups in total. The minimum Gasteiger partial charge on any atom is -0.464 e. The van der Waals surface area contributed by atoms with Gasteiger partial charge < -0.3 is 15.0 Å². The molecule has 1 unspecified atom stereocenters. The van der Waals surface area contributed by atoms with E-state index < -0.39 is 12.0 Å². The lowest BCUT2D eigenvalue weighted by Crippen LogP contribution is -2.50. The van der Waals surface area contributed by atoms with Gasteiger partial charge in [0.1, 0.15) is 12.0 Å². The van der Waals surface area contributed by atoms with Gasteiger partial charge in [-0.2, -0.15) is 0 Å². The molecule has 0 saturated heterocycles. The van der Waals surface area contributed by atoms with Gasteiger partial charge in [0.15, 0.2) is 5.82 Å². The summed E-state index contributed by atoms with van der Waals surface area (Å²) in [5, 5.41) is 2.74. The van der Waals surface area contributed by atoms with Crippen LogP contribution in [0, 0.1) is 0 Å². The molecule has 0 aromatic carbocycles. The smallest absolute Gasteiger partial charge is 0.338 e. The zero-order chi connectivity index (χ0) is 12.4. The lowest BCUT2D eigenvalue weighted by atomic mass is 10.2. The molecule has 1 aliphatic rings. The summed E-state index contributed by atoms with van der Waals surface area (Å²) in [7, 11) is 1.57. The summed E-state index contributed by atoms with van der Waals surface area (Å²) >= 11 is 0. The monoisotopic (exact) mass is 236 g/mol. The van der Waals surface area contributed by atoms with Crippen LogP contribution in [0.1, 0.15) is 6.92 Å². The SMILES string of the molecule is CCOC(=O)C1Nc2ncncc2N(C)C1=O. The standard InChI is InChI=1S/C10H12N4O3/c1-3-17-10(16)7-9(15)14(2)6-4-11-5-12-8(6)13-7/h4-5,7H,3H2,1-2H3,(H,11,12,13). The number of carbonyl (C=O) groups is 2. The highest BCUT2D eigenvalue weighted by molar-refractivity contribution is 6.14. The van der Waals surface area contributed by atoms with Crippen molar-refractivity contribution < 1.29 is 14.3 Å². The average Bonchev–Trinajstić information content (AvgIpc) is 2.34. The van der Waals surface area contributed by atoms with Crippen molar-refractivity contribution in [2.45, 2.75) is 13.0 Å². The summed E-state index contributed by atoms with van der Waals surface area (Å²) in [5.74, 6) is -0.542. The lowest BCUT2D eigenvalue weighted by molar-refractivity contribution is -0.146. The predicted molar refractivity (Wildman–Crippen MR) is 59.5 cm³/mol. The summed E-state index contributed by atoms with van der Waals surface area (Å²) in [6, 6.07) is -1.04. The second-order valence-electron chi connectivity index (χ2n) is 3.48. The quantitative estimate of drug-likeness (QED) is 0.565. The average molecular weight is 236 g/mol. The Balaban J connectivity index is 2.31. The highest BCUT2D eigenvalue weighted by atomic mass is 16.5. The number of hydrogen-bond acceptors (Lipinski definition) is 6. The zero-order valence-corrected chi connectivity index (χ0v) is 9.51. The highest BCUT2D eigenvalue weighted by Crippen LogP contribution is 2.27. The van der Waals surface area contributed by atoms with Crippen LogP contribution >= 0.6 is 0 Å². The van der Waals surface area contributed by atoms with Gasteiger partial charge in [-0.15, -0.1) is 0 Å². The maximum Gasteiger partial charge on any atom is 0.338 e. The molecule has 17 heavy (non-hydrogen) atoms. The van der Waals surface area contributed by atoms with Gasteiger partial charge in [0, 0.05) is 7.05 Å². The molecule has 7 nitrogen and oxygen atoms in total. The van der Waals surface area contributed by atoms with Crippen LogP contribution in [0.5, 0.6) is 0 Å². The third kappa shape index (κ3) is 1.91. The van der Waals surface area contributed by atoms with E-state index in [0.29, 0.717) is 11.5 Å². The van der Waals surface area contributed by atoms with Crippen LogP contribution in [0.3, 0.4) is 0 Å². The molecule has 0 radical (unpaired) electrons. The van der Waals surface area contributed by atoms with E-state index in [2.05, 4.69) is 15.3 Å². The number of nitrogens with one attached hydrogen (secondary N) is 1. The van der Waals surface area contributed by atoms with Gasteiger partial charge in [-0.1, -0.05) is 0 Å². The Kier molecular flexibility index (Phi) is 2.90. The molecule has 1 aliphatic heterocycles. The molecular weight excluding hydrogens is 224 g/mol. The van der Waals surface area contributed by atoms with Crippen molar-refractivity contribution in [2.75, 3.05) is 23.9 Å². The maximum absolute atomic E-state index is 11.9. The third-order valence-corrected chi connectivity index (χ3v) is 2.44. The van der Waals surface area contributed by atoms with Crippen LogP contribution in [0.15, 0.2) is 12.5 Å². The van der Waals surface area contributed by atoms with Crippen molar-refractivity contribution >= 4 is 23.4 Å². The molecule has 0 saturated carbocycles. The molecule has 2 heterocycles. The molecule has 7 heteroatoms. The minimum absolute atomic E-state index is 0.227. The fraction of sp³-hybridized carbons (Fsp3) is 0.400. The fourth-order valence-corrected chi connectivity index (χ4v) is 1.58. The molecule has 1 aromatic rings. The summed E-state index contributed by atoms with van der Waals surface area (Å²) < 4.78 is 4.82. The Bertz CT molecular complexity index is 463. The van der Waals surface area contributed by atoms with E-state index in [0.717, 1.165) is 0 Å². The molecule has 2 rings (SSSR count). The van der Waals surface area contributed by atoms with Crippen molar-refractivity contribution in [1.29, 1.82) is 0 Å². The van der Waals surface area contributed by atoms with Crippen molar-refractivity contribution in [1.82, 2.24) is 9.97 Å². The molecule has 0 spiro atoms. The van der Waals surface area contributed by atoms with Crippen molar-refractivity contribution in [3.05, 3.63) is 12.5 Å². The summed E-state index contributed by atoms with van der Waals surface area (Å²) in [5.41, 5.74) is 0.540. The Morgan fingerprint density at radius 2 is 2.41 bits per heavy atom. The maximum atomic E-state index is 11.9. The van der Waals surface area contributed by atoms with E-state index in [-0.39, 0.29) is 12.5 Å². The van der Waals surface area contributed by atoms with Crippen molar-refractivity contribution in [3.8, 4) is 0 Å². The number of nitrogens with zero attached hydrogens (tertiary/aromatic N) is 3. The van der Waals surface area contributed by atoms with Gasteiger partial charge in [-0.25, -0.2) is 14.8 Å². The van der Waals surface area contributed by atoms with Gasteiger partial charge in [-0.3, -0.25) is 4.79 Å². The van der Waals surface area contributed by atoms with E-state index in [1.54, 1.807) is 14.0 Å². The van der Waals surface area contributed by atoms with Crippen LogP contribution < -0.4 is 10.2 Å². The first-order valence-corrected chi connectivity index (χ1v) is 5.16. The lowest BCUT2D eigenvalue weighted by Gasteiger charge is -2.30. The number of ether oxygens (including phenoxy) is 1. The normalized spacial score (nSPS) is 18.4. The Labute approximate surface area is 97.8 Å². The zero-order valence-electron chi connectivity index (χ0n) is 9.51. The Morgan fingerprint density at radius 1 is 1.65 bits per heavy atom. The van der Waals surface area contributed by atoms with Crippen LogP contribution in [0.2, 0.25) is 0 Å². The van der Waals surface area contributed by atoms with Gasteiger partial charge in [0.2, 0.25) is 6.04 Å².